The Kier molecular flexibility index (Phi) is 7.08. The van der Waals surface area contributed by atoms with Gasteiger partial charge in [-0.2, -0.15) is 5.10 Å². The molecule has 0 unspecified atom stereocenters. The Morgan fingerprint density at radius 2 is 1.89 bits per heavy atom. The Morgan fingerprint density at radius 3 is 2.54 bits per heavy atom. The number of amides is 1. The molecule has 0 bridgehead atoms. The molecule has 8 heteroatoms. The summed E-state index contributed by atoms with van der Waals surface area (Å²) in [6, 6.07) is 6.45. The van der Waals surface area contributed by atoms with E-state index in [2.05, 4.69) is 10.4 Å². The summed E-state index contributed by atoms with van der Waals surface area (Å²) >= 11 is 0. The third-order valence-electron chi connectivity index (χ3n) is 3.99. The van der Waals surface area contributed by atoms with Gasteiger partial charge in [-0.1, -0.05) is 12.1 Å². The zero-order valence-electron chi connectivity index (χ0n) is 16.3. The van der Waals surface area contributed by atoms with Crippen molar-refractivity contribution in [1.29, 1.82) is 0 Å². The highest BCUT2D eigenvalue weighted by molar-refractivity contribution is 6.02. The fourth-order valence-electron chi connectivity index (χ4n) is 2.53. The smallest absolute Gasteiger partial charge is 0.340 e. The van der Waals surface area contributed by atoms with Crippen LogP contribution in [-0.4, -0.2) is 40.8 Å². The zero-order chi connectivity index (χ0) is 20.7. The molecule has 0 aliphatic rings. The van der Waals surface area contributed by atoms with E-state index < -0.39 is 24.5 Å². The highest BCUT2D eigenvalue weighted by Crippen LogP contribution is 2.16. The molecule has 1 N–H and O–H groups in total. The predicted molar refractivity (Wildman–Crippen MR) is 104 cm³/mol. The van der Waals surface area contributed by atoms with Crippen molar-refractivity contribution in [1.82, 2.24) is 9.78 Å². The molecular formula is C20H23N3O5. The fraction of sp³-hybridized carbons (Fsp3) is 0.300. The number of anilines is 1. The third kappa shape index (κ3) is 5.29. The van der Waals surface area contributed by atoms with Gasteiger partial charge in [0.1, 0.15) is 0 Å². The maximum Gasteiger partial charge on any atom is 0.340 e. The first-order chi connectivity index (χ1) is 13.3. The minimum atomic E-state index is -0.656. The van der Waals surface area contributed by atoms with Crippen LogP contribution in [0.15, 0.2) is 30.3 Å². The summed E-state index contributed by atoms with van der Waals surface area (Å²) in [4.78, 5) is 35.8. The van der Waals surface area contributed by atoms with Crippen molar-refractivity contribution < 1.29 is 23.9 Å². The molecule has 1 heterocycles. The number of ether oxygens (including phenoxy) is 2. The normalized spacial score (nSPS) is 10.7. The average Bonchev–Trinajstić information content (AvgIpc) is 2.90. The molecule has 2 rings (SSSR count). The summed E-state index contributed by atoms with van der Waals surface area (Å²) in [5.74, 6) is -1.76. The van der Waals surface area contributed by atoms with E-state index in [1.807, 2.05) is 20.9 Å². The highest BCUT2D eigenvalue weighted by atomic mass is 16.5. The van der Waals surface area contributed by atoms with Gasteiger partial charge >= 0.3 is 11.9 Å². The van der Waals surface area contributed by atoms with Crippen LogP contribution in [0.5, 0.6) is 0 Å². The molecule has 148 valence electrons. The lowest BCUT2D eigenvalue weighted by Crippen LogP contribution is -2.21. The van der Waals surface area contributed by atoms with E-state index in [0.29, 0.717) is 5.69 Å². The number of hydrogen-bond donors (Lipinski definition) is 1. The van der Waals surface area contributed by atoms with Crippen LogP contribution in [0, 0.1) is 13.8 Å². The van der Waals surface area contributed by atoms with E-state index in [1.165, 1.54) is 6.08 Å². The van der Waals surface area contributed by atoms with Gasteiger partial charge in [0.25, 0.3) is 5.91 Å². The van der Waals surface area contributed by atoms with Crippen LogP contribution in [0.1, 0.15) is 34.2 Å². The van der Waals surface area contributed by atoms with Crippen molar-refractivity contribution in [2.75, 3.05) is 18.5 Å². The summed E-state index contributed by atoms with van der Waals surface area (Å²) in [6.07, 6.45) is 2.85. The van der Waals surface area contributed by atoms with Crippen LogP contribution in [0.4, 0.5) is 5.69 Å². The van der Waals surface area contributed by atoms with Crippen LogP contribution in [0.2, 0.25) is 0 Å². The SMILES string of the molecule is CCOC(=O)c1ccccc1NC(=O)COC(=O)/C=C/c1c(C)nn(C)c1C. The first-order valence-electron chi connectivity index (χ1n) is 8.74. The summed E-state index contributed by atoms with van der Waals surface area (Å²) in [7, 11) is 1.82. The van der Waals surface area contributed by atoms with Gasteiger partial charge in [-0.15, -0.1) is 0 Å². The Morgan fingerprint density at radius 1 is 1.18 bits per heavy atom. The number of aryl methyl sites for hydroxylation is 2. The van der Waals surface area contributed by atoms with Crippen molar-refractivity contribution >= 4 is 29.6 Å². The number of nitrogens with zero attached hydrogens (tertiary/aromatic N) is 2. The molecule has 8 nitrogen and oxygen atoms in total. The molecule has 1 amide bonds. The molecule has 1 aromatic heterocycles. The number of nitrogens with one attached hydrogen (secondary N) is 1. The molecule has 0 aliphatic carbocycles. The molecule has 0 fully saturated rings. The van der Waals surface area contributed by atoms with E-state index in [4.69, 9.17) is 9.47 Å². The van der Waals surface area contributed by atoms with Crippen LogP contribution >= 0.6 is 0 Å². The molecule has 28 heavy (non-hydrogen) atoms. The van der Waals surface area contributed by atoms with Crippen molar-refractivity contribution in [3.63, 3.8) is 0 Å². The number of carbonyl (C=O) groups excluding carboxylic acids is 3. The quantitative estimate of drug-likeness (QED) is 0.580. The molecule has 0 atom stereocenters. The predicted octanol–water partition coefficient (Wildman–Crippen LogP) is 2.41. The maximum atomic E-state index is 12.1. The number of carbonyl (C=O) groups is 3. The van der Waals surface area contributed by atoms with E-state index in [1.54, 1.807) is 41.9 Å². The van der Waals surface area contributed by atoms with Crippen LogP contribution in [0.25, 0.3) is 6.08 Å². The van der Waals surface area contributed by atoms with Gasteiger partial charge in [0.2, 0.25) is 0 Å². The Hall–Kier alpha value is -3.42. The standard InChI is InChI=1S/C20H23N3O5/c1-5-27-20(26)16-8-6-7-9-17(16)21-18(24)12-28-19(25)11-10-15-13(2)22-23(4)14(15)3/h6-11H,5,12H2,1-4H3,(H,21,24)/b11-10+. The Bertz CT molecular complexity index is 915. The first kappa shape index (κ1) is 20.9. The summed E-state index contributed by atoms with van der Waals surface area (Å²) < 4.78 is 11.6. The van der Waals surface area contributed by atoms with E-state index in [9.17, 15) is 14.4 Å². The molecule has 0 aliphatic heterocycles. The van der Waals surface area contributed by atoms with Crippen molar-refractivity contribution in [3.05, 3.63) is 52.9 Å². The number of aromatic nitrogens is 2. The monoisotopic (exact) mass is 385 g/mol. The van der Waals surface area contributed by atoms with Crippen LogP contribution in [0.3, 0.4) is 0 Å². The fourth-order valence-corrected chi connectivity index (χ4v) is 2.53. The van der Waals surface area contributed by atoms with Gasteiger partial charge in [0.05, 0.1) is 23.6 Å². The average molecular weight is 385 g/mol. The van der Waals surface area contributed by atoms with Crippen molar-refractivity contribution in [2.24, 2.45) is 7.05 Å². The van der Waals surface area contributed by atoms with Crippen molar-refractivity contribution in [3.8, 4) is 0 Å². The summed E-state index contributed by atoms with van der Waals surface area (Å²) in [5.41, 5.74) is 3.05. The summed E-state index contributed by atoms with van der Waals surface area (Å²) in [6.45, 7) is 5.17. The van der Waals surface area contributed by atoms with Gasteiger partial charge < -0.3 is 14.8 Å². The van der Waals surface area contributed by atoms with Gasteiger partial charge in [-0.25, -0.2) is 9.59 Å². The number of hydrogen-bond acceptors (Lipinski definition) is 6. The molecule has 0 spiro atoms. The van der Waals surface area contributed by atoms with E-state index in [-0.39, 0.29) is 12.2 Å². The maximum absolute atomic E-state index is 12.1. The van der Waals surface area contributed by atoms with Crippen LogP contribution in [-0.2, 0) is 26.1 Å². The molecular weight excluding hydrogens is 362 g/mol. The third-order valence-corrected chi connectivity index (χ3v) is 3.99. The second kappa shape index (κ2) is 9.50. The number of esters is 2. The van der Waals surface area contributed by atoms with Gasteiger partial charge in [0, 0.05) is 24.4 Å². The molecule has 2 aromatic rings. The highest BCUT2D eigenvalue weighted by Gasteiger charge is 2.14. The van der Waals surface area contributed by atoms with E-state index >= 15 is 0 Å². The number of benzene rings is 1. The second-order valence-electron chi connectivity index (χ2n) is 5.96. The van der Waals surface area contributed by atoms with E-state index in [0.717, 1.165) is 17.0 Å². The first-order valence-corrected chi connectivity index (χ1v) is 8.74. The lowest BCUT2D eigenvalue weighted by atomic mass is 10.2. The van der Waals surface area contributed by atoms with Crippen LogP contribution < -0.4 is 5.32 Å². The minimum Gasteiger partial charge on any atom is -0.462 e. The Balaban J connectivity index is 1.93. The second-order valence-corrected chi connectivity index (χ2v) is 5.96. The van der Waals surface area contributed by atoms with Gasteiger partial charge in [-0.3, -0.25) is 9.48 Å². The topological polar surface area (TPSA) is 99.5 Å². The van der Waals surface area contributed by atoms with Gasteiger partial charge in [0.15, 0.2) is 6.61 Å². The molecule has 0 saturated carbocycles. The molecule has 0 radical (unpaired) electrons. The van der Waals surface area contributed by atoms with Crippen molar-refractivity contribution in [2.45, 2.75) is 20.8 Å². The minimum absolute atomic E-state index is 0.223. The molecule has 0 saturated heterocycles. The lowest BCUT2D eigenvalue weighted by molar-refractivity contribution is -0.142. The van der Waals surface area contributed by atoms with Gasteiger partial charge in [-0.05, 0) is 39.0 Å². The summed E-state index contributed by atoms with van der Waals surface area (Å²) in [5, 5.41) is 6.80. The number of rotatable bonds is 7. The largest absolute Gasteiger partial charge is 0.462 e. The Labute approximate surface area is 163 Å². The molecule has 1 aromatic carbocycles. The lowest BCUT2D eigenvalue weighted by Gasteiger charge is -2.10. The zero-order valence-corrected chi connectivity index (χ0v) is 16.3. The number of para-hydroxylation sites is 1.